The fourth-order valence-corrected chi connectivity index (χ4v) is 3.43. The quantitative estimate of drug-likeness (QED) is 0.608. The van der Waals surface area contributed by atoms with Crippen molar-refractivity contribution in [3.8, 4) is 0 Å². The number of esters is 2. The molecular formula is C23H23ClN2O6. The molecule has 0 saturated carbocycles. The van der Waals surface area contributed by atoms with Crippen LogP contribution in [0.5, 0.6) is 0 Å². The predicted octanol–water partition coefficient (Wildman–Crippen LogP) is 3.44. The monoisotopic (exact) mass is 458 g/mol. The molecule has 1 saturated heterocycles. The Morgan fingerprint density at radius 1 is 1.09 bits per heavy atom. The fourth-order valence-electron chi connectivity index (χ4n) is 3.19. The molecule has 0 unspecified atom stereocenters. The van der Waals surface area contributed by atoms with Crippen molar-refractivity contribution in [3.05, 3.63) is 59.1 Å². The van der Waals surface area contributed by atoms with Crippen LogP contribution in [0.25, 0.3) is 0 Å². The summed E-state index contributed by atoms with van der Waals surface area (Å²) in [7, 11) is 0. The Kier molecular flexibility index (Phi) is 7.83. The number of benzene rings is 2. The maximum Gasteiger partial charge on any atom is 0.338 e. The molecule has 0 aromatic heterocycles. The number of rotatable bonds is 8. The molecule has 1 aliphatic rings. The van der Waals surface area contributed by atoms with Gasteiger partial charge in [0, 0.05) is 18.7 Å². The molecule has 1 fully saturated rings. The molecule has 1 N–H and O–H groups in total. The number of nitrogens with zero attached hydrogens (tertiary/aromatic N) is 1. The number of para-hydroxylation sites is 1. The number of hydrogen-bond acceptors (Lipinski definition) is 6. The minimum atomic E-state index is -0.681. The lowest BCUT2D eigenvalue weighted by molar-refractivity contribution is -0.151. The van der Waals surface area contributed by atoms with E-state index in [1.165, 1.54) is 17.0 Å². The highest BCUT2D eigenvalue weighted by Crippen LogP contribution is 2.31. The lowest BCUT2D eigenvalue weighted by Crippen LogP contribution is -2.28. The number of anilines is 2. The molecule has 2 aromatic rings. The molecule has 32 heavy (non-hydrogen) atoms. The van der Waals surface area contributed by atoms with Crippen molar-refractivity contribution in [2.24, 2.45) is 5.92 Å². The molecule has 8 nitrogen and oxygen atoms in total. The third-order valence-corrected chi connectivity index (χ3v) is 5.11. The van der Waals surface area contributed by atoms with Crippen molar-refractivity contribution < 1.29 is 28.7 Å². The molecule has 2 aromatic carbocycles. The van der Waals surface area contributed by atoms with Gasteiger partial charge >= 0.3 is 11.9 Å². The average molecular weight is 459 g/mol. The Hall–Kier alpha value is -3.39. The van der Waals surface area contributed by atoms with Gasteiger partial charge in [-0.05, 0) is 42.8 Å². The Morgan fingerprint density at radius 3 is 2.50 bits per heavy atom. The van der Waals surface area contributed by atoms with Crippen molar-refractivity contribution in [2.45, 2.75) is 19.8 Å². The van der Waals surface area contributed by atoms with Crippen LogP contribution in [0.3, 0.4) is 0 Å². The van der Waals surface area contributed by atoms with Crippen molar-refractivity contribution in [3.63, 3.8) is 0 Å². The smallest absolute Gasteiger partial charge is 0.338 e. The van der Waals surface area contributed by atoms with Gasteiger partial charge in [-0.25, -0.2) is 4.79 Å². The zero-order valence-corrected chi connectivity index (χ0v) is 18.3. The van der Waals surface area contributed by atoms with E-state index >= 15 is 0 Å². The highest BCUT2D eigenvalue weighted by molar-refractivity contribution is 6.33. The zero-order valence-electron chi connectivity index (χ0n) is 17.5. The number of halogens is 1. The molecule has 9 heteroatoms. The highest BCUT2D eigenvalue weighted by Gasteiger charge is 2.37. The summed E-state index contributed by atoms with van der Waals surface area (Å²) in [5.41, 5.74) is 1.35. The number of carbonyl (C=O) groups is 4. The van der Waals surface area contributed by atoms with Crippen LogP contribution < -0.4 is 10.2 Å². The van der Waals surface area contributed by atoms with Crippen molar-refractivity contribution in [1.82, 2.24) is 0 Å². The summed E-state index contributed by atoms with van der Waals surface area (Å²) < 4.78 is 10.1. The Bertz CT molecular complexity index is 1010. The minimum absolute atomic E-state index is 0.0126. The molecule has 1 aliphatic heterocycles. The highest BCUT2D eigenvalue weighted by atomic mass is 35.5. The third-order valence-electron chi connectivity index (χ3n) is 4.79. The molecular weight excluding hydrogens is 436 g/mol. The fraction of sp³-hybridized carbons (Fsp3) is 0.304. The predicted molar refractivity (Wildman–Crippen MR) is 119 cm³/mol. The van der Waals surface area contributed by atoms with Crippen molar-refractivity contribution in [2.75, 3.05) is 30.0 Å². The van der Waals surface area contributed by atoms with Gasteiger partial charge in [0.15, 0.2) is 6.61 Å². The summed E-state index contributed by atoms with van der Waals surface area (Å²) in [5.74, 6) is -2.51. The molecule has 3 rings (SSSR count). The Labute approximate surface area is 190 Å². The van der Waals surface area contributed by atoms with Crippen LogP contribution in [0.1, 0.15) is 30.1 Å². The number of amides is 2. The van der Waals surface area contributed by atoms with E-state index in [9.17, 15) is 19.2 Å². The van der Waals surface area contributed by atoms with E-state index in [0.717, 1.165) is 6.42 Å². The number of carbonyl (C=O) groups excluding carboxylic acids is 4. The van der Waals surface area contributed by atoms with Crippen LogP contribution in [0, 0.1) is 5.92 Å². The van der Waals surface area contributed by atoms with Crippen LogP contribution in [0.2, 0.25) is 5.02 Å². The molecule has 0 aliphatic carbocycles. The van der Waals surface area contributed by atoms with E-state index in [2.05, 4.69) is 5.32 Å². The van der Waals surface area contributed by atoms with E-state index in [1.807, 2.05) is 6.92 Å². The van der Waals surface area contributed by atoms with Gasteiger partial charge in [-0.2, -0.15) is 0 Å². The van der Waals surface area contributed by atoms with Gasteiger partial charge in [-0.1, -0.05) is 30.7 Å². The molecule has 2 amide bonds. The molecule has 0 spiro atoms. The van der Waals surface area contributed by atoms with E-state index in [4.69, 9.17) is 21.1 Å². The topological polar surface area (TPSA) is 102 Å². The van der Waals surface area contributed by atoms with E-state index in [0.29, 0.717) is 28.6 Å². The van der Waals surface area contributed by atoms with Crippen molar-refractivity contribution in [1.29, 1.82) is 0 Å². The van der Waals surface area contributed by atoms with E-state index in [-0.39, 0.29) is 18.9 Å². The van der Waals surface area contributed by atoms with Crippen molar-refractivity contribution >= 4 is 46.7 Å². The van der Waals surface area contributed by atoms with Crippen LogP contribution in [0.15, 0.2) is 48.5 Å². The van der Waals surface area contributed by atoms with Gasteiger partial charge in [0.2, 0.25) is 5.91 Å². The first-order valence-corrected chi connectivity index (χ1v) is 10.6. The normalized spacial score (nSPS) is 15.4. The van der Waals surface area contributed by atoms with Gasteiger partial charge in [-0.3, -0.25) is 14.4 Å². The SMILES string of the molecule is CCCOC(=O)c1ccc(NC(=O)COC(=O)[C@H]2CC(=O)N(c3ccccc3Cl)C2)cc1. The van der Waals surface area contributed by atoms with Gasteiger partial charge < -0.3 is 19.7 Å². The number of nitrogens with one attached hydrogen (secondary N) is 1. The van der Waals surface area contributed by atoms with E-state index < -0.39 is 30.4 Å². The van der Waals surface area contributed by atoms with Crippen LogP contribution >= 0.6 is 11.6 Å². The maximum absolute atomic E-state index is 12.4. The zero-order chi connectivity index (χ0) is 23.1. The second kappa shape index (κ2) is 10.8. The molecule has 0 radical (unpaired) electrons. The van der Waals surface area contributed by atoms with Gasteiger partial charge in [0.1, 0.15) is 0 Å². The summed E-state index contributed by atoms with van der Waals surface area (Å²) in [5, 5.41) is 3.00. The number of hydrogen-bond donors (Lipinski definition) is 1. The lowest BCUT2D eigenvalue weighted by atomic mass is 10.1. The molecule has 168 valence electrons. The first-order valence-electron chi connectivity index (χ1n) is 10.2. The minimum Gasteiger partial charge on any atom is -0.462 e. The summed E-state index contributed by atoms with van der Waals surface area (Å²) in [6, 6.07) is 13.1. The van der Waals surface area contributed by atoms with Crippen LogP contribution in [-0.4, -0.2) is 43.5 Å². The van der Waals surface area contributed by atoms with Gasteiger partial charge in [0.05, 0.1) is 28.8 Å². The first-order chi connectivity index (χ1) is 15.4. The molecule has 1 atom stereocenters. The average Bonchev–Trinajstić information content (AvgIpc) is 3.18. The summed E-state index contributed by atoms with van der Waals surface area (Å²) >= 11 is 6.14. The maximum atomic E-state index is 12.4. The van der Waals surface area contributed by atoms with Crippen LogP contribution in [-0.2, 0) is 23.9 Å². The second-order valence-electron chi connectivity index (χ2n) is 7.23. The second-order valence-corrected chi connectivity index (χ2v) is 7.63. The standard InChI is InChI=1S/C23H23ClN2O6/c1-2-11-31-22(29)15-7-9-17(10-8-15)25-20(27)14-32-23(30)16-12-21(28)26(13-16)19-6-4-3-5-18(19)24/h3-10,16H,2,11-14H2,1H3,(H,25,27)/t16-/m0/s1. The Morgan fingerprint density at radius 2 is 1.81 bits per heavy atom. The molecule has 0 bridgehead atoms. The van der Waals surface area contributed by atoms with E-state index in [1.54, 1.807) is 36.4 Å². The van der Waals surface area contributed by atoms with Gasteiger partial charge in [-0.15, -0.1) is 0 Å². The van der Waals surface area contributed by atoms with Gasteiger partial charge in [0.25, 0.3) is 5.91 Å². The summed E-state index contributed by atoms with van der Waals surface area (Å²) in [6.45, 7) is 1.89. The first kappa shape index (κ1) is 23.3. The van der Waals surface area contributed by atoms with Crippen LogP contribution in [0.4, 0.5) is 11.4 Å². The summed E-state index contributed by atoms with van der Waals surface area (Å²) in [4.78, 5) is 50.0. The lowest BCUT2D eigenvalue weighted by Gasteiger charge is -2.17. The molecule has 1 heterocycles. The summed E-state index contributed by atoms with van der Waals surface area (Å²) in [6.07, 6.45) is 0.715. The number of ether oxygens (including phenoxy) is 2. The Balaban J connectivity index is 1.48. The third kappa shape index (κ3) is 5.85. The largest absolute Gasteiger partial charge is 0.462 e.